The standard InChI is InChI=1S/C10H12ClNO4/c11-7-1-3-9(4-2-7)15-5-8(13)6-16-10(12)14/h1-4,8,13H,5-6H2,(H2,12,14)/p+1. The molecule has 1 rings (SSSR count). The van der Waals surface area contributed by atoms with Crippen LogP contribution in [0.15, 0.2) is 24.3 Å². The first kappa shape index (κ1) is 12.8. The molecular weight excluding hydrogens is 234 g/mol. The Kier molecular flexibility index (Phi) is 5.04. The van der Waals surface area contributed by atoms with E-state index in [0.717, 1.165) is 0 Å². The van der Waals surface area contributed by atoms with Gasteiger partial charge in [-0.05, 0) is 24.3 Å². The molecule has 0 aliphatic heterocycles. The first-order valence-electron chi connectivity index (χ1n) is 4.63. The Morgan fingerprint density at radius 1 is 1.38 bits per heavy atom. The number of benzene rings is 1. The molecule has 1 amide bonds. The van der Waals surface area contributed by atoms with Crippen LogP contribution >= 0.6 is 11.6 Å². The Morgan fingerprint density at radius 3 is 2.56 bits per heavy atom. The summed E-state index contributed by atoms with van der Waals surface area (Å²) in [5, 5.41) is 9.97. The zero-order chi connectivity index (χ0) is 12.0. The Labute approximate surface area is 97.7 Å². The minimum Gasteiger partial charge on any atom is -0.491 e. The van der Waals surface area contributed by atoms with Crippen molar-refractivity contribution in [2.75, 3.05) is 13.2 Å². The lowest BCUT2D eigenvalue weighted by molar-refractivity contribution is -0.284. The number of quaternary nitrogens is 1. The minimum atomic E-state index is -0.874. The van der Waals surface area contributed by atoms with Gasteiger partial charge >= 0.3 is 6.09 Å². The second-order valence-corrected chi connectivity index (χ2v) is 3.54. The third-order valence-electron chi connectivity index (χ3n) is 1.69. The van der Waals surface area contributed by atoms with Crippen molar-refractivity contribution in [2.45, 2.75) is 6.10 Å². The molecule has 4 N–H and O–H groups in total. The smallest absolute Gasteiger partial charge is 0.491 e. The van der Waals surface area contributed by atoms with Crippen LogP contribution in [0, 0.1) is 0 Å². The van der Waals surface area contributed by atoms with E-state index in [2.05, 4.69) is 10.5 Å². The van der Waals surface area contributed by atoms with Gasteiger partial charge in [-0.25, -0.2) is 0 Å². The van der Waals surface area contributed by atoms with Gasteiger partial charge in [0.25, 0.3) is 0 Å². The van der Waals surface area contributed by atoms with Crippen LogP contribution in [0.5, 0.6) is 5.75 Å². The van der Waals surface area contributed by atoms with Crippen LogP contribution in [0.1, 0.15) is 0 Å². The van der Waals surface area contributed by atoms with Crippen LogP contribution in [0.3, 0.4) is 0 Å². The number of carbonyl (C=O) groups is 1. The summed E-state index contributed by atoms with van der Waals surface area (Å²) in [5.41, 5.74) is 3.01. The molecule has 0 radical (unpaired) electrons. The van der Waals surface area contributed by atoms with Crippen molar-refractivity contribution in [3.63, 3.8) is 0 Å². The monoisotopic (exact) mass is 246 g/mol. The number of halogens is 1. The third kappa shape index (κ3) is 4.97. The summed E-state index contributed by atoms with van der Waals surface area (Å²) in [7, 11) is 0. The Bertz CT molecular complexity index is 341. The number of aliphatic hydroxyl groups excluding tert-OH is 1. The molecular formula is C10H13ClNO4+. The van der Waals surface area contributed by atoms with Gasteiger partial charge in [-0.3, -0.25) is 5.73 Å². The number of carbonyl (C=O) groups excluding carboxylic acids is 1. The van der Waals surface area contributed by atoms with Gasteiger partial charge in [0, 0.05) is 5.02 Å². The molecule has 1 unspecified atom stereocenters. The molecule has 1 aromatic rings. The maximum Gasteiger partial charge on any atom is 0.511 e. The first-order valence-corrected chi connectivity index (χ1v) is 5.01. The summed E-state index contributed by atoms with van der Waals surface area (Å²) in [6.07, 6.45) is -1.55. The van der Waals surface area contributed by atoms with Gasteiger partial charge in [-0.2, -0.15) is 4.79 Å². The molecule has 0 aromatic heterocycles. The maximum absolute atomic E-state index is 10.4. The fraction of sp³-hybridized carbons (Fsp3) is 0.300. The molecule has 1 aromatic carbocycles. The molecule has 0 heterocycles. The van der Waals surface area contributed by atoms with E-state index >= 15 is 0 Å². The van der Waals surface area contributed by atoms with Gasteiger partial charge in [0.05, 0.1) is 0 Å². The van der Waals surface area contributed by atoms with E-state index < -0.39 is 12.2 Å². The summed E-state index contributed by atoms with van der Waals surface area (Å²) in [5.74, 6) is 0.587. The van der Waals surface area contributed by atoms with E-state index in [1.165, 1.54) is 0 Å². The lowest BCUT2D eigenvalue weighted by atomic mass is 10.3. The van der Waals surface area contributed by atoms with E-state index in [4.69, 9.17) is 16.3 Å². The highest BCUT2D eigenvalue weighted by molar-refractivity contribution is 6.30. The molecule has 0 saturated carbocycles. The normalized spacial score (nSPS) is 11.9. The predicted molar refractivity (Wildman–Crippen MR) is 57.2 cm³/mol. The van der Waals surface area contributed by atoms with E-state index in [-0.39, 0.29) is 13.2 Å². The molecule has 0 aliphatic carbocycles. The molecule has 16 heavy (non-hydrogen) atoms. The Morgan fingerprint density at radius 2 is 2.00 bits per heavy atom. The summed E-state index contributed by atoms with van der Waals surface area (Å²) in [6, 6.07) is 6.73. The Balaban J connectivity index is 2.28. The van der Waals surface area contributed by atoms with Crippen LogP contribution in [-0.2, 0) is 4.74 Å². The van der Waals surface area contributed by atoms with Crippen molar-refractivity contribution >= 4 is 17.7 Å². The van der Waals surface area contributed by atoms with Crippen LogP contribution in [0.4, 0.5) is 4.79 Å². The fourth-order valence-electron chi connectivity index (χ4n) is 0.960. The molecule has 0 bridgehead atoms. The summed E-state index contributed by atoms with van der Waals surface area (Å²) >= 11 is 5.69. The van der Waals surface area contributed by atoms with Crippen molar-refractivity contribution in [1.82, 2.24) is 0 Å². The molecule has 0 spiro atoms. The summed E-state index contributed by atoms with van der Waals surface area (Å²) in [6.45, 7) is -0.0924. The van der Waals surface area contributed by atoms with Crippen LogP contribution in [0.25, 0.3) is 0 Å². The second kappa shape index (κ2) is 6.32. The minimum absolute atomic E-state index is 0.0366. The van der Waals surface area contributed by atoms with Crippen molar-refractivity contribution in [1.29, 1.82) is 0 Å². The molecule has 0 saturated heterocycles. The van der Waals surface area contributed by atoms with Crippen LogP contribution < -0.4 is 10.5 Å². The Hall–Kier alpha value is -1.30. The van der Waals surface area contributed by atoms with Gasteiger partial charge < -0.3 is 14.6 Å². The fourth-order valence-corrected chi connectivity index (χ4v) is 1.09. The number of rotatable bonds is 5. The van der Waals surface area contributed by atoms with Gasteiger partial charge in [-0.15, -0.1) is 0 Å². The summed E-state index contributed by atoms with van der Waals surface area (Å²) < 4.78 is 9.74. The average Bonchev–Trinajstić information content (AvgIpc) is 2.25. The zero-order valence-corrected chi connectivity index (χ0v) is 9.31. The van der Waals surface area contributed by atoms with Crippen LogP contribution in [-0.4, -0.2) is 30.5 Å². The number of hydrogen-bond donors (Lipinski definition) is 2. The number of amides is 1. The SMILES string of the molecule is [NH3+]C(=O)OCC(O)COc1ccc(Cl)cc1. The second-order valence-electron chi connectivity index (χ2n) is 3.10. The topological polar surface area (TPSA) is 83.4 Å². The lowest BCUT2D eigenvalue weighted by Gasteiger charge is -2.11. The first-order chi connectivity index (χ1) is 7.58. The van der Waals surface area contributed by atoms with E-state index in [0.29, 0.717) is 10.8 Å². The van der Waals surface area contributed by atoms with Gasteiger partial charge in [-0.1, -0.05) is 11.6 Å². The van der Waals surface area contributed by atoms with Gasteiger partial charge in [0.1, 0.15) is 25.1 Å². The average molecular weight is 247 g/mol. The molecule has 0 fully saturated rings. The van der Waals surface area contributed by atoms with Crippen molar-refractivity contribution in [3.05, 3.63) is 29.3 Å². The zero-order valence-electron chi connectivity index (χ0n) is 8.56. The van der Waals surface area contributed by atoms with Crippen molar-refractivity contribution < 1.29 is 25.1 Å². The quantitative estimate of drug-likeness (QED) is 0.791. The maximum atomic E-state index is 10.4. The molecule has 5 nitrogen and oxygen atoms in total. The van der Waals surface area contributed by atoms with Crippen molar-refractivity contribution in [3.8, 4) is 5.75 Å². The highest BCUT2D eigenvalue weighted by Crippen LogP contribution is 2.15. The van der Waals surface area contributed by atoms with Gasteiger partial charge in [0.15, 0.2) is 0 Å². The highest BCUT2D eigenvalue weighted by Gasteiger charge is 2.08. The predicted octanol–water partition coefficient (Wildman–Crippen LogP) is 0.458. The van der Waals surface area contributed by atoms with E-state index in [1.807, 2.05) is 0 Å². The number of aliphatic hydroxyl groups is 1. The largest absolute Gasteiger partial charge is 0.511 e. The third-order valence-corrected chi connectivity index (χ3v) is 1.94. The van der Waals surface area contributed by atoms with Crippen LogP contribution in [0.2, 0.25) is 5.02 Å². The van der Waals surface area contributed by atoms with Gasteiger partial charge in [0.2, 0.25) is 0 Å². The van der Waals surface area contributed by atoms with E-state index in [1.54, 1.807) is 24.3 Å². The molecule has 0 aliphatic rings. The number of hydrogen-bond acceptors (Lipinski definition) is 4. The number of ether oxygens (including phenoxy) is 2. The molecule has 6 heteroatoms. The van der Waals surface area contributed by atoms with Crippen molar-refractivity contribution in [2.24, 2.45) is 0 Å². The highest BCUT2D eigenvalue weighted by atomic mass is 35.5. The lowest BCUT2D eigenvalue weighted by Crippen LogP contribution is -2.57. The molecule has 1 atom stereocenters. The molecule has 88 valence electrons. The summed E-state index contributed by atoms with van der Waals surface area (Å²) in [4.78, 5) is 10.4. The van der Waals surface area contributed by atoms with E-state index in [9.17, 15) is 9.90 Å².